The lowest BCUT2D eigenvalue weighted by molar-refractivity contribution is 1.06. The zero-order valence-electron chi connectivity index (χ0n) is 34.8. The molecule has 3 aromatic heterocycles. The number of aromatic nitrogens is 6. The van der Waals surface area contributed by atoms with Gasteiger partial charge in [0, 0.05) is 44.2 Å². The molecule has 0 bridgehead atoms. The van der Waals surface area contributed by atoms with Crippen LogP contribution in [0, 0.1) is 13.8 Å². The Kier molecular flexibility index (Phi) is 9.51. The number of hydrogen-bond acceptors (Lipinski definition) is 5. The first-order chi connectivity index (χ1) is 31.0. The molecule has 0 N–H and O–H groups in total. The molecule has 0 radical (unpaired) electrons. The molecule has 0 unspecified atom stereocenters. The van der Waals surface area contributed by atoms with Crippen LogP contribution in [0.1, 0.15) is 11.1 Å². The minimum Gasteiger partial charge on any atom is -0.309 e. The second kappa shape index (κ2) is 15.9. The van der Waals surface area contributed by atoms with Crippen molar-refractivity contribution >= 4 is 21.8 Å². The second-order valence-corrected chi connectivity index (χ2v) is 15.9. The van der Waals surface area contributed by atoms with Crippen molar-refractivity contribution < 1.29 is 0 Å². The normalized spacial score (nSPS) is 11.3. The van der Waals surface area contributed by atoms with Crippen LogP contribution in [0.3, 0.4) is 0 Å². The summed E-state index contributed by atoms with van der Waals surface area (Å²) in [6, 6.07) is 71.4. The molecule has 0 saturated carbocycles. The fourth-order valence-corrected chi connectivity index (χ4v) is 8.60. The highest BCUT2D eigenvalue weighted by molar-refractivity contribution is 6.11. The van der Waals surface area contributed by atoms with Gasteiger partial charge in [-0.3, -0.25) is 0 Å². The highest BCUT2D eigenvalue weighted by Crippen LogP contribution is 2.40. The van der Waals surface area contributed by atoms with Gasteiger partial charge < -0.3 is 4.57 Å². The molecular weight excluding hydrogens is 769 g/mol. The zero-order chi connectivity index (χ0) is 42.3. The molecule has 0 saturated heterocycles. The van der Waals surface area contributed by atoms with Gasteiger partial charge in [-0.1, -0.05) is 175 Å². The van der Waals surface area contributed by atoms with Crippen molar-refractivity contribution in [2.45, 2.75) is 13.8 Å². The summed E-state index contributed by atoms with van der Waals surface area (Å²) in [4.78, 5) is 26.0. The third kappa shape index (κ3) is 7.13. The van der Waals surface area contributed by atoms with E-state index in [4.69, 9.17) is 24.9 Å². The number of hydrogen-bond donors (Lipinski definition) is 0. The molecule has 11 aromatic rings. The average molecular weight is 809 g/mol. The molecule has 8 aromatic carbocycles. The first-order valence-electron chi connectivity index (χ1n) is 21.2. The van der Waals surface area contributed by atoms with E-state index < -0.39 is 0 Å². The van der Waals surface area contributed by atoms with Gasteiger partial charge >= 0.3 is 0 Å². The Balaban J connectivity index is 1.19. The molecule has 0 amide bonds. The smallest absolute Gasteiger partial charge is 0.166 e. The molecule has 3 heterocycles. The monoisotopic (exact) mass is 808 g/mol. The molecule has 0 fully saturated rings. The van der Waals surface area contributed by atoms with E-state index in [2.05, 4.69) is 128 Å². The number of nitrogens with zero attached hydrogens (tertiary/aromatic N) is 6. The SMILES string of the molecule is Cc1ccc(-c2ccc3c(c2)c2ccccc2n3-c2ccc(-c3cc(-c4ccccc4)nc(-c4ccccc4)n3)cc2-c2nc(-c3ccccc3)nc(-c3ccccc3)n2)c(C)c1. The van der Waals surface area contributed by atoms with Gasteiger partial charge in [0.25, 0.3) is 0 Å². The number of benzene rings is 8. The first kappa shape index (κ1) is 37.6. The van der Waals surface area contributed by atoms with E-state index in [1.807, 2.05) is 97.1 Å². The summed E-state index contributed by atoms with van der Waals surface area (Å²) in [5, 5.41) is 2.33. The maximum atomic E-state index is 5.30. The van der Waals surface area contributed by atoms with Crippen LogP contribution in [0.15, 0.2) is 206 Å². The third-order valence-electron chi connectivity index (χ3n) is 11.7. The van der Waals surface area contributed by atoms with Crippen LogP contribution in [0.25, 0.3) is 107 Å². The van der Waals surface area contributed by atoms with Gasteiger partial charge in [0.15, 0.2) is 23.3 Å². The predicted molar refractivity (Wildman–Crippen MR) is 257 cm³/mol. The summed E-state index contributed by atoms with van der Waals surface area (Å²) in [5.74, 6) is 2.39. The van der Waals surface area contributed by atoms with E-state index in [-0.39, 0.29) is 0 Å². The van der Waals surface area contributed by atoms with Crippen LogP contribution in [0.4, 0.5) is 0 Å². The Morgan fingerprint density at radius 1 is 0.317 bits per heavy atom. The van der Waals surface area contributed by atoms with Crippen molar-refractivity contribution in [2.75, 3.05) is 0 Å². The molecule has 0 spiro atoms. The van der Waals surface area contributed by atoms with E-state index in [1.54, 1.807) is 0 Å². The van der Waals surface area contributed by atoms with Crippen LogP contribution >= 0.6 is 0 Å². The summed E-state index contributed by atoms with van der Waals surface area (Å²) in [6.45, 7) is 4.33. The van der Waals surface area contributed by atoms with Crippen molar-refractivity contribution in [1.82, 2.24) is 29.5 Å². The minimum atomic E-state index is 0.554. The molecule has 0 aliphatic carbocycles. The van der Waals surface area contributed by atoms with Gasteiger partial charge in [0.2, 0.25) is 0 Å². The van der Waals surface area contributed by atoms with Crippen molar-refractivity contribution in [3.05, 3.63) is 217 Å². The van der Waals surface area contributed by atoms with E-state index in [1.165, 1.54) is 27.6 Å². The van der Waals surface area contributed by atoms with Gasteiger partial charge in [-0.15, -0.1) is 0 Å². The maximum Gasteiger partial charge on any atom is 0.166 e. The van der Waals surface area contributed by atoms with Crippen LogP contribution in [-0.2, 0) is 0 Å². The molecule has 0 atom stereocenters. The third-order valence-corrected chi connectivity index (χ3v) is 11.7. The van der Waals surface area contributed by atoms with Gasteiger partial charge in [-0.25, -0.2) is 24.9 Å². The van der Waals surface area contributed by atoms with Crippen molar-refractivity contribution in [2.24, 2.45) is 0 Å². The quantitative estimate of drug-likeness (QED) is 0.153. The highest BCUT2D eigenvalue weighted by atomic mass is 15.1. The number of rotatable bonds is 8. The first-order valence-corrected chi connectivity index (χ1v) is 21.2. The van der Waals surface area contributed by atoms with Gasteiger partial charge in [-0.2, -0.15) is 0 Å². The Morgan fingerprint density at radius 2 is 0.825 bits per heavy atom. The van der Waals surface area contributed by atoms with E-state index in [9.17, 15) is 0 Å². The summed E-state index contributed by atoms with van der Waals surface area (Å²) in [5.41, 5.74) is 15.2. The summed E-state index contributed by atoms with van der Waals surface area (Å²) in [7, 11) is 0. The lowest BCUT2D eigenvalue weighted by Crippen LogP contribution is -2.04. The molecule has 0 aliphatic heterocycles. The fourth-order valence-electron chi connectivity index (χ4n) is 8.60. The second-order valence-electron chi connectivity index (χ2n) is 15.9. The van der Waals surface area contributed by atoms with Crippen LogP contribution < -0.4 is 0 Å². The van der Waals surface area contributed by atoms with Gasteiger partial charge in [0.1, 0.15) is 0 Å². The Labute approximate surface area is 365 Å². The molecule has 6 nitrogen and oxygen atoms in total. The number of fused-ring (bicyclic) bond motifs is 3. The summed E-state index contributed by atoms with van der Waals surface area (Å²) >= 11 is 0. The molecule has 11 rings (SSSR count). The number of aryl methyl sites for hydroxylation is 2. The van der Waals surface area contributed by atoms with Gasteiger partial charge in [-0.05, 0) is 66.9 Å². The van der Waals surface area contributed by atoms with Crippen molar-refractivity contribution in [3.63, 3.8) is 0 Å². The molecule has 6 heteroatoms. The summed E-state index contributed by atoms with van der Waals surface area (Å²) in [6.07, 6.45) is 0. The lowest BCUT2D eigenvalue weighted by atomic mass is 9.97. The topological polar surface area (TPSA) is 69.4 Å². The lowest BCUT2D eigenvalue weighted by Gasteiger charge is -2.17. The Bertz CT molecular complexity index is 3340. The van der Waals surface area contributed by atoms with Crippen molar-refractivity contribution in [3.8, 4) is 84.9 Å². The largest absolute Gasteiger partial charge is 0.309 e. The maximum absolute atomic E-state index is 5.30. The zero-order valence-corrected chi connectivity index (χ0v) is 34.8. The molecular formula is C57H40N6. The van der Waals surface area contributed by atoms with E-state index in [0.717, 1.165) is 66.9 Å². The van der Waals surface area contributed by atoms with Crippen LogP contribution in [-0.4, -0.2) is 29.5 Å². The summed E-state index contributed by atoms with van der Waals surface area (Å²) < 4.78 is 2.36. The standard InChI is InChI=1S/C57H40N6/c1-37-27-30-45(38(2)33-37)43-28-31-52-47(34-43)46-25-15-16-26-51(46)63(52)53-32-29-44(50-36-49(39-17-7-3-8-18-39)58-54(59-50)40-19-9-4-10-20-40)35-48(53)57-61-55(41-21-11-5-12-22-41)60-56(62-57)42-23-13-6-14-24-42/h3-36H,1-2H3. The molecule has 63 heavy (non-hydrogen) atoms. The molecule has 0 aliphatic rings. The number of para-hydroxylation sites is 1. The fraction of sp³-hybridized carbons (Fsp3) is 0.0351. The van der Waals surface area contributed by atoms with E-state index in [0.29, 0.717) is 23.3 Å². The highest BCUT2D eigenvalue weighted by Gasteiger charge is 2.22. The Morgan fingerprint density at radius 3 is 1.44 bits per heavy atom. The van der Waals surface area contributed by atoms with Gasteiger partial charge in [0.05, 0.1) is 28.1 Å². The minimum absolute atomic E-state index is 0.554. The average Bonchev–Trinajstić information content (AvgIpc) is 3.68. The molecule has 298 valence electrons. The predicted octanol–water partition coefficient (Wildman–Crippen LogP) is 14.0. The van der Waals surface area contributed by atoms with E-state index >= 15 is 0 Å². The van der Waals surface area contributed by atoms with Crippen LogP contribution in [0.2, 0.25) is 0 Å². The Hall–Kier alpha value is -8.35. The van der Waals surface area contributed by atoms with Crippen molar-refractivity contribution in [1.29, 1.82) is 0 Å². The van der Waals surface area contributed by atoms with Crippen LogP contribution in [0.5, 0.6) is 0 Å².